The molecule has 13 heavy (non-hydrogen) atoms. The third-order valence-electron chi connectivity index (χ3n) is 2.48. The first-order valence-electron chi connectivity index (χ1n) is 4.99. The third kappa shape index (κ3) is 2.55. The zero-order chi connectivity index (χ0) is 9.90. The summed E-state index contributed by atoms with van der Waals surface area (Å²) < 4.78 is 0. The minimum atomic E-state index is 0.223. The minimum Gasteiger partial charge on any atom is -0.261 e. The highest BCUT2D eigenvalue weighted by atomic mass is 14.7. The van der Waals surface area contributed by atoms with Gasteiger partial charge in [-0.2, -0.15) is 0 Å². The van der Waals surface area contributed by atoms with Crippen LogP contribution in [-0.4, -0.2) is 4.98 Å². The summed E-state index contributed by atoms with van der Waals surface area (Å²) in [5.41, 5.74) is 2.74. The molecule has 0 unspecified atom stereocenters. The van der Waals surface area contributed by atoms with E-state index in [0.29, 0.717) is 0 Å². The van der Waals surface area contributed by atoms with E-state index in [1.807, 2.05) is 12.3 Å². The van der Waals surface area contributed by atoms with E-state index in [0.717, 1.165) is 0 Å². The number of pyridine rings is 1. The molecule has 0 saturated carbocycles. The molecule has 0 aliphatic heterocycles. The average molecular weight is 177 g/mol. The highest BCUT2D eigenvalue weighted by molar-refractivity contribution is 5.20. The van der Waals surface area contributed by atoms with Crippen molar-refractivity contribution in [1.82, 2.24) is 4.98 Å². The maximum atomic E-state index is 4.43. The Balaban J connectivity index is 2.93. The average Bonchev–Trinajstić information content (AvgIpc) is 2.04. The molecule has 1 heteroatoms. The van der Waals surface area contributed by atoms with Gasteiger partial charge < -0.3 is 0 Å². The molecule has 0 aromatic carbocycles. The van der Waals surface area contributed by atoms with Crippen molar-refractivity contribution < 1.29 is 0 Å². The van der Waals surface area contributed by atoms with Crippen LogP contribution >= 0.6 is 0 Å². The van der Waals surface area contributed by atoms with Gasteiger partial charge in [-0.25, -0.2) is 0 Å². The first-order chi connectivity index (χ1) is 6.06. The fourth-order valence-electron chi connectivity index (χ4n) is 1.66. The van der Waals surface area contributed by atoms with Crippen molar-refractivity contribution >= 4 is 0 Å². The maximum absolute atomic E-state index is 4.43. The van der Waals surface area contributed by atoms with Gasteiger partial charge in [0, 0.05) is 17.3 Å². The quantitative estimate of drug-likeness (QED) is 0.689. The van der Waals surface area contributed by atoms with Gasteiger partial charge in [-0.05, 0) is 31.0 Å². The Morgan fingerprint density at radius 3 is 2.62 bits per heavy atom. The Hall–Kier alpha value is -0.850. The Bertz CT molecular complexity index is 276. The van der Waals surface area contributed by atoms with Crippen LogP contribution in [0, 0.1) is 6.92 Å². The predicted molar refractivity (Wildman–Crippen MR) is 56.9 cm³/mol. The topological polar surface area (TPSA) is 12.9 Å². The van der Waals surface area contributed by atoms with Crippen LogP contribution in [0.25, 0.3) is 0 Å². The van der Waals surface area contributed by atoms with Gasteiger partial charge in [0.15, 0.2) is 0 Å². The number of rotatable bonds is 3. The second-order valence-electron chi connectivity index (χ2n) is 4.35. The van der Waals surface area contributed by atoms with Gasteiger partial charge in [0.1, 0.15) is 0 Å². The largest absolute Gasteiger partial charge is 0.261 e. The molecule has 0 spiro atoms. The van der Waals surface area contributed by atoms with Crippen LogP contribution in [0.2, 0.25) is 0 Å². The summed E-state index contributed by atoms with van der Waals surface area (Å²) >= 11 is 0. The maximum Gasteiger partial charge on any atom is 0.0462 e. The third-order valence-corrected chi connectivity index (χ3v) is 2.48. The van der Waals surface area contributed by atoms with Gasteiger partial charge in [-0.15, -0.1) is 0 Å². The van der Waals surface area contributed by atoms with Crippen molar-refractivity contribution in [1.29, 1.82) is 0 Å². The molecule has 0 aliphatic carbocycles. The summed E-state index contributed by atoms with van der Waals surface area (Å²) in [6.45, 7) is 8.86. The molecular formula is C12H19N. The van der Waals surface area contributed by atoms with E-state index in [-0.39, 0.29) is 5.41 Å². The SMILES string of the molecule is CCCC(C)(C)c1cc(C)ccn1. The van der Waals surface area contributed by atoms with Crippen molar-refractivity contribution in [2.75, 3.05) is 0 Å². The van der Waals surface area contributed by atoms with E-state index in [2.05, 4.69) is 38.7 Å². The van der Waals surface area contributed by atoms with Gasteiger partial charge in [-0.1, -0.05) is 27.2 Å². The molecule has 0 saturated heterocycles. The Morgan fingerprint density at radius 2 is 2.08 bits per heavy atom. The van der Waals surface area contributed by atoms with Gasteiger partial charge >= 0.3 is 0 Å². The number of hydrogen-bond donors (Lipinski definition) is 0. The minimum absolute atomic E-state index is 0.223. The summed E-state index contributed by atoms with van der Waals surface area (Å²) in [5.74, 6) is 0. The Labute approximate surface area is 81.2 Å². The molecule has 0 aliphatic rings. The van der Waals surface area contributed by atoms with Crippen LogP contribution in [0.1, 0.15) is 44.9 Å². The van der Waals surface area contributed by atoms with Crippen molar-refractivity contribution in [2.45, 2.75) is 46.0 Å². The second-order valence-corrected chi connectivity index (χ2v) is 4.35. The highest BCUT2D eigenvalue weighted by Crippen LogP contribution is 2.26. The zero-order valence-corrected chi connectivity index (χ0v) is 9.09. The van der Waals surface area contributed by atoms with E-state index < -0.39 is 0 Å². The molecule has 72 valence electrons. The van der Waals surface area contributed by atoms with Crippen molar-refractivity contribution in [2.24, 2.45) is 0 Å². The van der Waals surface area contributed by atoms with Crippen LogP contribution in [0.3, 0.4) is 0 Å². The number of nitrogens with zero attached hydrogens (tertiary/aromatic N) is 1. The van der Waals surface area contributed by atoms with Gasteiger partial charge in [-0.3, -0.25) is 4.98 Å². The van der Waals surface area contributed by atoms with Gasteiger partial charge in [0.2, 0.25) is 0 Å². The van der Waals surface area contributed by atoms with Crippen LogP contribution in [0.15, 0.2) is 18.3 Å². The summed E-state index contributed by atoms with van der Waals surface area (Å²) in [7, 11) is 0. The fraction of sp³-hybridized carbons (Fsp3) is 0.583. The van der Waals surface area contributed by atoms with Crippen LogP contribution in [0.5, 0.6) is 0 Å². The lowest BCUT2D eigenvalue weighted by Gasteiger charge is -2.23. The summed E-state index contributed by atoms with van der Waals surface area (Å²) in [4.78, 5) is 4.43. The molecule has 0 fully saturated rings. The van der Waals surface area contributed by atoms with E-state index in [9.17, 15) is 0 Å². The first-order valence-corrected chi connectivity index (χ1v) is 4.99. The lowest BCUT2D eigenvalue weighted by molar-refractivity contribution is 0.459. The van der Waals surface area contributed by atoms with Crippen LogP contribution < -0.4 is 0 Å². The number of aryl methyl sites for hydroxylation is 1. The molecule has 0 bridgehead atoms. The molecule has 1 aromatic rings. The second kappa shape index (κ2) is 3.91. The van der Waals surface area contributed by atoms with E-state index >= 15 is 0 Å². The van der Waals surface area contributed by atoms with Crippen LogP contribution in [-0.2, 0) is 5.41 Å². The number of aromatic nitrogens is 1. The first kappa shape index (κ1) is 10.2. The molecule has 1 heterocycles. The monoisotopic (exact) mass is 177 g/mol. The molecule has 0 amide bonds. The smallest absolute Gasteiger partial charge is 0.0462 e. The number of hydrogen-bond acceptors (Lipinski definition) is 1. The lowest BCUT2D eigenvalue weighted by atomic mass is 9.84. The van der Waals surface area contributed by atoms with Gasteiger partial charge in [0.25, 0.3) is 0 Å². The van der Waals surface area contributed by atoms with E-state index in [4.69, 9.17) is 0 Å². The van der Waals surface area contributed by atoms with Crippen molar-refractivity contribution in [3.63, 3.8) is 0 Å². The lowest BCUT2D eigenvalue weighted by Crippen LogP contribution is -2.18. The molecule has 1 aromatic heterocycles. The summed E-state index contributed by atoms with van der Waals surface area (Å²) in [6.07, 6.45) is 4.31. The molecule has 0 atom stereocenters. The van der Waals surface area contributed by atoms with Gasteiger partial charge in [0.05, 0.1) is 0 Å². The Morgan fingerprint density at radius 1 is 1.38 bits per heavy atom. The predicted octanol–water partition coefficient (Wildman–Crippen LogP) is 3.47. The standard InChI is InChI=1S/C12H19N/c1-5-7-12(3,4)11-9-10(2)6-8-13-11/h6,8-9H,5,7H2,1-4H3. The van der Waals surface area contributed by atoms with Crippen molar-refractivity contribution in [3.8, 4) is 0 Å². The molecular weight excluding hydrogens is 158 g/mol. The molecule has 0 N–H and O–H groups in total. The zero-order valence-electron chi connectivity index (χ0n) is 9.09. The summed E-state index contributed by atoms with van der Waals surface area (Å²) in [5, 5.41) is 0. The fourth-order valence-corrected chi connectivity index (χ4v) is 1.66. The molecule has 0 radical (unpaired) electrons. The highest BCUT2D eigenvalue weighted by Gasteiger charge is 2.20. The summed E-state index contributed by atoms with van der Waals surface area (Å²) in [6, 6.07) is 4.24. The van der Waals surface area contributed by atoms with E-state index in [1.54, 1.807) is 0 Å². The Kier molecular flexibility index (Phi) is 3.07. The molecule has 1 rings (SSSR count). The molecule has 1 nitrogen and oxygen atoms in total. The van der Waals surface area contributed by atoms with Crippen LogP contribution in [0.4, 0.5) is 0 Å². The van der Waals surface area contributed by atoms with Crippen molar-refractivity contribution in [3.05, 3.63) is 29.6 Å². The van der Waals surface area contributed by atoms with E-state index in [1.165, 1.54) is 24.1 Å². The normalized spacial score (nSPS) is 11.7.